The standard InChI is InChI=1S/C15H17BrN2O2S/c16-12-5-3-11(4-6-12)13-2-1-7-18(13)14(19)8-17-10-21-9-15(17)20/h3-6,13H,1-2,7-10H2/t13-/m0/s1. The van der Waals surface area contributed by atoms with Crippen molar-refractivity contribution in [2.45, 2.75) is 18.9 Å². The maximum Gasteiger partial charge on any atom is 0.242 e. The molecule has 21 heavy (non-hydrogen) atoms. The van der Waals surface area contributed by atoms with E-state index in [2.05, 4.69) is 28.1 Å². The van der Waals surface area contributed by atoms with E-state index in [0.717, 1.165) is 23.9 Å². The van der Waals surface area contributed by atoms with Gasteiger partial charge >= 0.3 is 0 Å². The van der Waals surface area contributed by atoms with Gasteiger partial charge in [0.05, 0.1) is 17.7 Å². The van der Waals surface area contributed by atoms with Crippen molar-refractivity contribution in [2.75, 3.05) is 24.7 Å². The molecular formula is C15H17BrN2O2S. The van der Waals surface area contributed by atoms with E-state index in [0.29, 0.717) is 11.6 Å². The Bertz CT molecular complexity index is 549. The molecule has 3 rings (SSSR count). The number of carbonyl (C=O) groups excluding carboxylic acids is 2. The Hall–Kier alpha value is -1.01. The van der Waals surface area contributed by atoms with Gasteiger partial charge in [0.25, 0.3) is 0 Å². The summed E-state index contributed by atoms with van der Waals surface area (Å²) in [4.78, 5) is 27.7. The van der Waals surface area contributed by atoms with Crippen molar-refractivity contribution in [1.29, 1.82) is 0 Å². The molecule has 0 unspecified atom stereocenters. The van der Waals surface area contributed by atoms with Gasteiger partial charge in [-0.1, -0.05) is 28.1 Å². The number of thioether (sulfide) groups is 1. The Morgan fingerprint density at radius 2 is 2.10 bits per heavy atom. The predicted molar refractivity (Wildman–Crippen MR) is 86.9 cm³/mol. The lowest BCUT2D eigenvalue weighted by Crippen LogP contribution is -2.40. The van der Waals surface area contributed by atoms with Crippen LogP contribution in [0.3, 0.4) is 0 Å². The van der Waals surface area contributed by atoms with Crippen LogP contribution in [0, 0.1) is 0 Å². The van der Waals surface area contributed by atoms with Crippen molar-refractivity contribution >= 4 is 39.5 Å². The molecule has 1 aromatic carbocycles. The molecule has 112 valence electrons. The molecule has 2 heterocycles. The second kappa shape index (κ2) is 6.40. The van der Waals surface area contributed by atoms with Crippen LogP contribution in [0.5, 0.6) is 0 Å². The van der Waals surface area contributed by atoms with Crippen molar-refractivity contribution in [3.8, 4) is 0 Å². The number of halogens is 1. The number of nitrogens with zero attached hydrogens (tertiary/aromatic N) is 2. The molecule has 2 fully saturated rings. The fraction of sp³-hybridized carbons (Fsp3) is 0.467. The fourth-order valence-corrected chi connectivity index (χ4v) is 4.06. The van der Waals surface area contributed by atoms with Gasteiger partial charge < -0.3 is 9.80 Å². The molecule has 0 bridgehead atoms. The highest BCUT2D eigenvalue weighted by molar-refractivity contribution is 9.10. The number of amides is 2. The van der Waals surface area contributed by atoms with Gasteiger partial charge in [-0.2, -0.15) is 0 Å². The number of benzene rings is 1. The Morgan fingerprint density at radius 3 is 2.76 bits per heavy atom. The molecule has 2 amide bonds. The summed E-state index contributed by atoms with van der Waals surface area (Å²) in [6.45, 7) is 1.01. The Balaban J connectivity index is 1.69. The van der Waals surface area contributed by atoms with Crippen molar-refractivity contribution in [3.05, 3.63) is 34.3 Å². The highest BCUT2D eigenvalue weighted by Gasteiger charge is 2.32. The normalized spacial score (nSPS) is 22.1. The highest BCUT2D eigenvalue weighted by atomic mass is 79.9. The van der Waals surface area contributed by atoms with Crippen molar-refractivity contribution in [2.24, 2.45) is 0 Å². The van der Waals surface area contributed by atoms with Gasteiger partial charge in [0.15, 0.2) is 0 Å². The molecule has 1 aromatic rings. The first-order chi connectivity index (χ1) is 10.1. The topological polar surface area (TPSA) is 40.6 Å². The summed E-state index contributed by atoms with van der Waals surface area (Å²) in [6, 6.07) is 8.30. The highest BCUT2D eigenvalue weighted by Crippen LogP contribution is 2.32. The van der Waals surface area contributed by atoms with Crippen LogP contribution in [0.2, 0.25) is 0 Å². The van der Waals surface area contributed by atoms with E-state index < -0.39 is 0 Å². The average molecular weight is 369 g/mol. The van der Waals surface area contributed by atoms with Crippen LogP contribution in [-0.4, -0.2) is 46.3 Å². The van der Waals surface area contributed by atoms with E-state index in [9.17, 15) is 9.59 Å². The second-order valence-electron chi connectivity index (χ2n) is 5.37. The van der Waals surface area contributed by atoms with Crippen LogP contribution in [-0.2, 0) is 9.59 Å². The monoisotopic (exact) mass is 368 g/mol. The van der Waals surface area contributed by atoms with Gasteiger partial charge in [0.2, 0.25) is 11.8 Å². The van der Waals surface area contributed by atoms with Crippen molar-refractivity contribution in [1.82, 2.24) is 9.80 Å². The maximum absolute atomic E-state index is 12.5. The van der Waals surface area contributed by atoms with Crippen LogP contribution in [0.1, 0.15) is 24.4 Å². The maximum atomic E-state index is 12.5. The summed E-state index contributed by atoms with van der Waals surface area (Å²) in [7, 11) is 0. The van der Waals surface area contributed by atoms with E-state index in [1.54, 1.807) is 16.7 Å². The summed E-state index contributed by atoms with van der Waals surface area (Å²) < 4.78 is 1.04. The fourth-order valence-electron chi connectivity index (χ4n) is 2.89. The average Bonchev–Trinajstić information content (AvgIpc) is 3.09. The molecule has 2 saturated heterocycles. The van der Waals surface area contributed by atoms with Gasteiger partial charge in [-0.15, -0.1) is 11.8 Å². The summed E-state index contributed by atoms with van der Waals surface area (Å²) >= 11 is 5.01. The summed E-state index contributed by atoms with van der Waals surface area (Å²) in [5.74, 6) is 1.29. The smallest absolute Gasteiger partial charge is 0.242 e. The third kappa shape index (κ3) is 3.26. The van der Waals surface area contributed by atoms with Crippen LogP contribution in [0.15, 0.2) is 28.7 Å². The van der Waals surface area contributed by atoms with E-state index in [1.807, 2.05) is 17.0 Å². The first-order valence-electron chi connectivity index (χ1n) is 7.05. The minimum atomic E-state index is 0.0660. The van der Waals surface area contributed by atoms with E-state index >= 15 is 0 Å². The molecule has 2 aliphatic heterocycles. The zero-order valence-electron chi connectivity index (χ0n) is 11.6. The summed E-state index contributed by atoms with van der Waals surface area (Å²) in [5.41, 5.74) is 1.17. The SMILES string of the molecule is O=C1CSCN1CC(=O)N1CCC[C@H]1c1ccc(Br)cc1. The minimum Gasteiger partial charge on any atom is -0.334 e. The molecule has 4 nitrogen and oxygen atoms in total. The van der Waals surface area contributed by atoms with Gasteiger partial charge in [0.1, 0.15) is 6.54 Å². The van der Waals surface area contributed by atoms with Gasteiger partial charge in [-0.05, 0) is 30.5 Å². The van der Waals surface area contributed by atoms with Crippen LogP contribution >= 0.6 is 27.7 Å². The summed E-state index contributed by atoms with van der Waals surface area (Å²) in [6.07, 6.45) is 2.02. The zero-order valence-corrected chi connectivity index (χ0v) is 14.0. The lowest BCUT2D eigenvalue weighted by molar-refractivity contribution is -0.138. The third-order valence-corrected chi connectivity index (χ3v) is 5.45. The third-order valence-electron chi connectivity index (χ3n) is 3.98. The van der Waals surface area contributed by atoms with Crippen LogP contribution in [0.4, 0.5) is 0 Å². The van der Waals surface area contributed by atoms with E-state index in [4.69, 9.17) is 0 Å². The number of likely N-dealkylation sites (tertiary alicyclic amines) is 1. The molecule has 0 radical (unpaired) electrons. The predicted octanol–water partition coefficient (Wildman–Crippen LogP) is 2.65. The number of carbonyl (C=O) groups is 2. The second-order valence-corrected chi connectivity index (χ2v) is 7.24. The van der Waals surface area contributed by atoms with Gasteiger partial charge in [-0.3, -0.25) is 9.59 Å². The zero-order chi connectivity index (χ0) is 14.8. The van der Waals surface area contributed by atoms with E-state index in [-0.39, 0.29) is 24.4 Å². The van der Waals surface area contributed by atoms with Crippen LogP contribution in [0.25, 0.3) is 0 Å². The number of hydrogen-bond donors (Lipinski definition) is 0. The lowest BCUT2D eigenvalue weighted by Gasteiger charge is -2.27. The largest absolute Gasteiger partial charge is 0.334 e. The Kier molecular flexibility index (Phi) is 4.54. The van der Waals surface area contributed by atoms with E-state index in [1.165, 1.54) is 5.56 Å². The van der Waals surface area contributed by atoms with Crippen molar-refractivity contribution < 1.29 is 9.59 Å². The quantitative estimate of drug-likeness (QED) is 0.823. The first-order valence-corrected chi connectivity index (χ1v) is 9.00. The molecule has 1 atom stereocenters. The number of hydrogen-bond acceptors (Lipinski definition) is 3. The minimum absolute atomic E-state index is 0.0660. The molecule has 0 aliphatic carbocycles. The lowest BCUT2D eigenvalue weighted by atomic mass is 10.0. The van der Waals surface area contributed by atoms with Crippen LogP contribution < -0.4 is 0 Å². The molecule has 0 saturated carbocycles. The Labute approximate surface area is 137 Å². The van der Waals surface area contributed by atoms with Crippen molar-refractivity contribution in [3.63, 3.8) is 0 Å². The molecule has 0 N–H and O–H groups in total. The summed E-state index contributed by atoms with van der Waals surface area (Å²) in [5, 5.41) is 0. The molecule has 0 spiro atoms. The number of rotatable bonds is 3. The molecule has 0 aromatic heterocycles. The molecular weight excluding hydrogens is 352 g/mol. The molecule has 6 heteroatoms. The van der Waals surface area contributed by atoms with Gasteiger partial charge in [0, 0.05) is 11.0 Å². The first kappa shape index (κ1) is 14.9. The Morgan fingerprint density at radius 1 is 1.33 bits per heavy atom. The molecule has 2 aliphatic rings. The van der Waals surface area contributed by atoms with Gasteiger partial charge in [-0.25, -0.2) is 0 Å².